The molecule has 4 aromatic carbocycles. The maximum absolute atomic E-state index is 6.22. The van der Waals surface area contributed by atoms with Crippen LogP contribution in [0.15, 0.2) is 121 Å². The van der Waals surface area contributed by atoms with Crippen LogP contribution >= 0.6 is 11.6 Å². The lowest BCUT2D eigenvalue weighted by Gasteiger charge is -2.30. The molecule has 136 valence electrons. The van der Waals surface area contributed by atoms with Crippen molar-refractivity contribution in [3.63, 3.8) is 0 Å². The van der Waals surface area contributed by atoms with E-state index in [2.05, 4.69) is 109 Å². The van der Waals surface area contributed by atoms with E-state index in [0.717, 1.165) is 10.6 Å². The molecule has 4 rings (SSSR count). The van der Waals surface area contributed by atoms with Crippen molar-refractivity contribution in [1.29, 1.82) is 0 Å². The number of hydrogen-bond donors (Lipinski definition) is 0. The number of benzene rings is 4. The molecular weight excluding hydrogens is 376 g/mol. The highest BCUT2D eigenvalue weighted by Crippen LogP contribution is 2.15. The molecule has 0 unspecified atom stereocenters. The molecular formula is C26H21ClSi. The summed E-state index contributed by atoms with van der Waals surface area (Å²) in [7, 11) is -2.35. The molecule has 4 aromatic rings. The highest BCUT2D eigenvalue weighted by atomic mass is 35.5. The first kappa shape index (κ1) is 18.5. The molecule has 0 bridgehead atoms. The van der Waals surface area contributed by atoms with Gasteiger partial charge < -0.3 is 0 Å². The summed E-state index contributed by atoms with van der Waals surface area (Å²) in [6.45, 7) is 0. The van der Waals surface area contributed by atoms with E-state index in [1.807, 2.05) is 18.2 Å². The summed E-state index contributed by atoms with van der Waals surface area (Å²) < 4.78 is 0. The van der Waals surface area contributed by atoms with E-state index < -0.39 is 8.07 Å². The fourth-order valence-corrected chi connectivity index (χ4v) is 8.10. The topological polar surface area (TPSA) is 0 Å². The third-order valence-corrected chi connectivity index (χ3v) is 9.70. The molecule has 0 amide bonds. The van der Waals surface area contributed by atoms with E-state index >= 15 is 0 Å². The van der Waals surface area contributed by atoms with E-state index in [1.165, 1.54) is 15.6 Å². The fraction of sp³-hybridized carbons (Fsp3) is 0. The summed E-state index contributed by atoms with van der Waals surface area (Å²) in [4.78, 5) is 0. The van der Waals surface area contributed by atoms with Gasteiger partial charge in [-0.05, 0) is 33.3 Å². The van der Waals surface area contributed by atoms with Crippen molar-refractivity contribution in [3.05, 3.63) is 132 Å². The standard InChI is InChI=1S/C26H21ClSi/c27-23-12-10-11-22(21-23)19-20-28(24-13-4-1-5-14-24,25-15-6-2-7-16-25)26-17-8-3-9-18-26/h1-21H. The molecule has 0 aliphatic carbocycles. The van der Waals surface area contributed by atoms with Crippen molar-refractivity contribution >= 4 is 41.3 Å². The minimum absolute atomic E-state index is 0.758. The minimum atomic E-state index is -2.35. The minimum Gasteiger partial charge on any atom is -0.0843 e. The lowest BCUT2D eigenvalue weighted by molar-refractivity contribution is 1.65. The summed E-state index contributed by atoms with van der Waals surface area (Å²) in [6, 6.07) is 40.6. The molecule has 0 aliphatic heterocycles. The van der Waals surface area contributed by atoms with Gasteiger partial charge in [0, 0.05) is 5.02 Å². The Labute approximate surface area is 172 Å². The van der Waals surface area contributed by atoms with Gasteiger partial charge in [-0.1, -0.05) is 127 Å². The molecule has 2 heteroatoms. The van der Waals surface area contributed by atoms with Gasteiger partial charge in [-0.3, -0.25) is 0 Å². The van der Waals surface area contributed by atoms with Crippen LogP contribution in [-0.2, 0) is 0 Å². The average molecular weight is 397 g/mol. The predicted molar refractivity (Wildman–Crippen MR) is 124 cm³/mol. The Morgan fingerprint density at radius 2 is 1.00 bits per heavy atom. The van der Waals surface area contributed by atoms with Crippen LogP contribution in [0, 0.1) is 0 Å². The van der Waals surface area contributed by atoms with Gasteiger partial charge in [0.25, 0.3) is 0 Å². The highest BCUT2D eigenvalue weighted by Gasteiger charge is 2.36. The highest BCUT2D eigenvalue weighted by molar-refractivity contribution is 7.15. The van der Waals surface area contributed by atoms with Crippen molar-refractivity contribution in [2.75, 3.05) is 0 Å². The molecule has 0 aliphatic rings. The zero-order chi connectivity index (χ0) is 19.2. The average Bonchev–Trinajstić information content (AvgIpc) is 2.77. The van der Waals surface area contributed by atoms with Crippen molar-refractivity contribution < 1.29 is 0 Å². The third kappa shape index (κ3) is 3.73. The van der Waals surface area contributed by atoms with Gasteiger partial charge in [-0.15, -0.1) is 0 Å². The SMILES string of the molecule is Clc1cccc(C=C[Si](c2ccccc2)(c2ccccc2)c2ccccc2)c1. The normalized spacial score (nSPS) is 11.6. The van der Waals surface area contributed by atoms with Crippen molar-refractivity contribution in [3.8, 4) is 0 Å². The molecule has 28 heavy (non-hydrogen) atoms. The van der Waals surface area contributed by atoms with Crippen LogP contribution in [0.5, 0.6) is 0 Å². The van der Waals surface area contributed by atoms with E-state index in [9.17, 15) is 0 Å². The van der Waals surface area contributed by atoms with E-state index in [4.69, 9.17) is 11.6 Å². The van der Waals surface area contributed by atoms with Crippen molar-refractivity contribution in [2.24, 2.45) is 0 Å². The Kier molecular flexibility index (Phi) is 5.57. The molecule has 0 heterocycles. The molecule has 0 nitrogen and oxygen atoms in total. The van der Waals surface area contributed by atoms with Gasteiger partial charge in [0.2, 0.25) is 0 Å². The van der Waals surface area contributed by atoms with E-state index in [-0.39, 0.29) is 0 Å². The second-order valence-corrected chi connectivity index (χ2v) is 10.9. The van der Waals surface area contributed by atoms with Crippen LogP contribution < -0.4 is 15.6 Å². The Hall–Kier alpha value is -2.87. The quantitative estimate of drug-likeness (QED) is 0.326. The Bertz CT molecular complexity index is 960. The van der Waals surface area contributed by atoms with Crippen molar-refractivity contribution in [1.82, 2.24) is 0 Å². The van der Waals surface area contributed by atoms with Crippen LogP contribution in [0.4, 0.5) is 0 Å². The van der Waals surface area contributed by atoms with Crippen LogP contribution in [0.3, 0.4) is 0 Å². The van der Waals surface area contributed by atoms with Gasteiger partial charge >= 0.3 is 0 Å². The van der Waals surface area contributed by atoms with Gasteiger partial charge in [0.15, 0.2) is 8.07 Å². The van der Waals surface area contributed by atoms with Crippen molar-refractivity contribution in [2.45, 2.75) is 0 Å². The molecule has 0 aromatic heterocycles. The first-order valence-electron chi connectivity index (χ1n) is 9.40. The molecule has 0 radical (unpaired) electrons. The first-order chi connectivity index (χ1) is 13.8. The van der Waals surface area contributed by atoms with Gasteiger partial charge in [-0.25, -0.2) is 0 Å². The summed E-state index contributed by atoms with van der Waals surface area (Å²) in [6.07, 6.45) is 2.23. The fourth-order valence-electron chi connectivity index (χ4n) is 3.72. The van der Waals surface area contributed by atoms with Crippen LogP contribution in [-0.4, -0.2) is 8.07 Å². The Morgan fingerprint density at radius 1 is 0.536 bits per heavy atom. The first-order valence-corrected chi connectivity index (χ1v) is 11.9. The molecule has 0 N–H and O–H groups in total. The Balaban J connectivity index is 1.98. The predicted octanol–water partition coefficient (Wildman–Crippen LogP) is 5.06. The molecule has 0 saturated heterocycles. The molecule has 0 saturated carbocycles. The monoisotopic (exact) mass is 396 g/mol. The lowest BCUT2D eigenvalue weighted by Crippen LogP contribution is -2.66. The molecule has 0 spiro atoms. The van der Waals surface area contributed by atoms with Crippen LogP contribution in [0.1, 0.15) is 5.56 Å². The summed E-state index contributed by atoms with van der Waals surface area (Å²) >= 11 is 6.22. The summed E-state index contributed by atoms with van der Waals surface area (Å²) in [5.41, 5.74) is 3.55. The second-order valence-electron chi connectivity index (χ2n) is 6.79. The van der Waals surface area contributed by atoms with Gasteiger partial charge in [0.05, 0.1) is 0 Å². The maximum atomic E-state index is 6.22. The summed E-state index contributed by atoms with van der Waals surface area (Å²) in [5, 5.41) is 4.86. The molecule has 0 atom stereocenters. The van der Waals surface area contributed by atoms with E-state index in [1.54, 1.807) is 0 Å². The third-order valence-electron chi connectivity index (χ3n) is 5.06. The van der Waals surface area contributed by atoms with Crippen LogP contribution in [0.25, 0.3) is 6.08 Å². The summed E-state index contributed by atoms with van der Waals surface area (Å²) in [5.74, 6) is 0. The number of halogens is 1. The van der Waals surface area contributed by atoms with Gasteiger partial charge in [0.1, 0.15) is 0 Å². The number of rotatable bonds is 5. The zero-order valence-electron chi connectivity index (χ0n) is 15.5. The van der Waals surface area contributed by atoms with E-state index in [0.29, 0.717) is 0 Å². The number of hydrogen-bond acceptors (Lipinski definition) is 0. The smallest absolute Gasteiger partial charge is 0.0843 e. The molecule has 0 fully saturated rings. The van der Waals surface area contributed by atoms with Gasteiger partial charge in [-0.2, -0.15) is 0 Å². The largest absolute Gasteiger partial charge is 0.172 e. The zero-order valence-corrected chi connectivity index (χ0v) is 17.3. The Morgan fingerprint density at radius 3 is 1.43 bits per heavy atom. The van der Waals surface area contributed by atoms with Crippen LogP contribution in [0.2, 0.25) is 5.02 Å². The second kappa shape index (κ2) is 8.43. The maximum Gasteiger partial charge on any atom is 0.172 e. The lowest BCUT2D eigenvalue weighted by atomic mass is 10.2.